The van der Waals surface area contributed by atoms with Gasteiger partial charge in [-0.1, -0.05) is 50.1 Å². The Morgan fingerprint density at radius 2 is 1.94 bits per heavy atom. The van der Waals surface area contributed by atoms with E-state index in [0.29, 0.717) is 0 Å². The van der Waals surface area contributed by atoms with Crippen LogP contribution in [-0.4, -0.2) is 7.11 Å². The van der Waals surface area contributed by atoms with Gasteiger partial charge < -0.3 is 4.74 Å². The third-order valence-electron chi connectivity index (χ3n) is 2.62. The monoisotopic (exact) mass is 372 g/mol. The van der Waals surface area contributed by atoms with Crippen molar-refractivity contribution in [2.24, 2.45) is 0 Å². The number of hydrogen-bond acceptors (Lipinski definition) is 1. The summed E-state index contributed by atoms with van der Waals surface area (Å²) in [5.74, 6) is 0.547. The highest BCUT2D eigenvalue weighted by molar-refractivity contribution is 9.11. The van der Waals surface area contributed by atoms with Gasteiger partial charge in [0.25, 0.3) is 0 Å². The van der Waals surface area contributed by atoms with Gasteiger partial charge in [0.15, 0.2) is 0 Å². The van der Waals surface area contributed by atoms with Gasteiger partial charge in [-0.3, -0.25) is 0 Å². The van der Waals surface area contributed by atoms with Crippen molar-refractivity contribution in [1.29, 1.82) is 0 Å². The quantitative estimate of drug-likeness (QED) is 0.681. The Morgan fingerprint density at radius 3 is 2.56 bits per heavy atom. The molecule has 0 N–H and O–H groups in total. The van der Waals surface area contributed by atoms with Crippen LogP contribution >= 0.6 is 31.9 Å². The predicted octanol–water partition coefficient (Wildman–Crippen LogP) is 5.08. The van der Waals surface area contributed by atoms with Gasteiger partial charge in [-0.05, 0) is 35.4 Å². The maximum Gasteiger partial charge on any atom is 0.123 e. The lowest BCUT2D eigenvalue weighted by atomic mass is 10.0. The first-order valence-electron chi connectivity index (χ1n) is 5.35. The van der Waals surface area contributed by atoms with Gasteiger partial charge >= 0.3 is 0 Å². The molecule has 18 heavy (non-hydrogen) atoms. The number of hydrogen-bond donors (Lipinski definition) is 0. The van der Waals surface area contributed by atoms with E-state index in [-0.39, 0.29) is 10.6 Å². The van der Waals surface area contributed by atoms with Crippen molar-refractivity contribution in [1.82, 2.24) is 0 Å². The number of rotatable bonds is 3. The maximum atomic E-state index is 13.2. The van der Waals surface area contributed by atoms with E-state index >= 15 is 0 Å². The molecule has 0 aromatic heterocycles. The summed E-state index contributed by atoms with van der Waals surface area (Å²) in [5.41, 5.74) is 1.90. The van der Waals surface area contributed by atoms with Crippen LogP contribution in [0.4, 0.5) is 4.39 Å². The normalized spacial score (nSPS) is 12.2. The van der Waals surface area contributed by atoms with Crippen LogP contribution in [0.25, 0.3) is 0 Å². The Morgan fingerprint density at radius 1 is 1.17 bits per heavy atom. The second-order valence-corrected chi connectivity index (χ2v) is 5.58. The number of methoxy groups -OCH3 is 1. The molecule has 1 atom stereocenters. The molecule has 0 aliphatic heterocycles. The van der Waals surface area contributed by atoms with E-state index in [9.17, 15) is 4.39 Å². The molecule has 0 fully saturated rings. The Kier molecular flexibility index (Phi) is 4.40. The van der Waals surface area contributed by atoms with Crippen molar-refractivity contribution in [2.75, 3.05) is 7.11 Å². The second-order valence-electron chi connectivity index (χ2n) is 3.81. The Labute approximate surface area is 122 Å². The van der Waals surface area contributed by atoms with Crippen LogP contribution in [0.15, 0.2) is 46.9 Å². The maximum absolute atomic E-state index is 13.2. The summed E-state index contributed by atoms with van der Waals surface area (Å²) >= 11 is 7.09. The van der Waals surface area contributed by atoms with E-state index < -0.39 is 0 Å². The highest BCUT2D eigenvalue weighted by Crippen LogP contribution is 2.37. The topological polar surface area (TPSA) is 9.23 Å². The zero-order valence-corrected chi connectivity index (χ0v) is 12.8. The minimum Gasteiger partial charge on any atom is -0.497 e. The van der Waals surface area contributed by atoms with Gasteiger partial charge in [0.05, 0.1) is 11.9 Å². The minimum absolute atomic E-state index is 0.0616. The first-order valence-corrected chi connectivity index (χ1v) is 7.05. The summed E-state index contributed by atoms with van der Waals surface area (Å²) in [7, 11) is 1.62. The lowest BCUT2D eigenvalue weighted by molar-refractivity contribution is 0.414. The van der Waals surface area contributed by atoms with Crippen molar-refractivity contribution in [2.45, 2.75) is 4.83 Å². The van der Waals surface area contributed by atoms with Crippen LogP contribution in [0.3, 0.4) is 0 Å². The SMILES string of the molecule is COc1ccc(C(Br)c2cccc(F)c2)c(Br)c1. The van der Waals surface area contributed by atoms with E-state index in [4.69, 9.17) is 4.74 Å². The van der Waals surface area contributed by atoms with Crippen molar-refractivity contribution in [3.05, 3.63) is 63.9 Å². The summed E-state index contributed by atoms with van der Waals surface area (Å²) in [6.45, 7) is 0. The third kappa shape index (κ3) is 2.93. The van der Waals surface area contributed by atoms with Crippen molar-refractivity contribution < 1.29 is 9.13 Å². The van der Waals surface area contributed by atoms with Crippen molar-refractivity contribution in [3.8, 4) is 5.75 Å². The van der Waals surface area contributed by atoms with E-state index in [2.05, 4.69) is 31.9 Å². The third-order valence-corrected chi connectivity index (χ3v) is 4.33. The number of alkyl halides is 1. The fraction of sp³-hybridized carbons (Fsp3) is 0.143. The summed E-state index contributed by atoms with van der Waals surface area (Å²) in [6, 6.07) is 12.3. The Balaban J connectivity index is 2.37. The summed E-state index contributed by atoms with van der Waals surface area (Å²) in [4.78, 5) is -0.0616. The summed E-state index contributed by atoms with van der Waals surface area (Å²) in [5, 5.41) is 0. The average molecular weight is 374 g/mol. The summed E-state index contributed by atoms with van der Waals surface area (Å²) < 4.78 is 19.3. The average Bonchev–Trinajstić information content (AvgIpc) is 2.37. The van der Waals surface area contributed by atoms with Gasteiger partial charge in [-0.2, -0.15) is 0 Å². The van der Waals surface area contributed by atoms with Crippen LogP contribution in [0, 0.1) is 5.82 Å². The lowest BCUT2D eigenvalue weighted by Crippen LogP contribution is -1.95. The van der Waals surface area contributed by atoms with Crippen molar-refractivity contribution >= 4 is 31.9 Å². The van der Waals surface area contributed by atoms with E-state index in [0.717, 1.165) is 21.3 Å². The minimum atomic E-state index is -0.235. The van der Waals surface area contributed by atoms with Crippen LogP contribution < -0.4 is 4.74 Å². The van der Waals surface area contributed by atoms with Gasteiger partial charge in [0.2, 0.25) is 0 Å². The zero-order chi connectivity index (χ0) is 13.1. The molecule has 0 bridgehead atoms. The molecule has 0 amide bonds. The standard InChI is InChI=1S/C14H11Br2FO/c1-18-11-5-6-12(13(15)8-11)14(16)9-3-2-4-10(17)7-9/h2-8,14H,1H3. The zero-order valence-electron chi connectivity index (χ0n) is 9.66. The van der Waals surface area contributed by atoms with Crippen LogP contribution in [0.2, 0.25) is 0 Å². The molecule has 1 unspecified atom stereocenters. The molecule has 94 valence electrons. The Hall–Kier alpha value is -0.870. The molecule has 0 saturated heterocycles. The van der Waals surface area contributed by atoms with E-state index in [1.54, 1.807) is 13.2 Å². The molecule has 2 rings (SSSR count). The fourth-order valence-corrected chi connectivity index (χ4v) is 3.26. The largest absolute Gasteiger partial charge is 0.497 e. The Bertz CT molecular complexity index is 557. The molecule has 0 heterocycles. The van der Waals surface area contributed by atoms with Gasteiger partial charge in [0.1, 0.15) is 11.6 Å². The van der Waals surface area contributed by atoms with Gasteiger partial charge in [-0.25, -0.2) is 4.39 Å². The lowest BCUT2D eigenvalue weighted by Gasteiger charge is -2.13. The fourth-order valence-electron chi connectivity index (χ4n) is 1.68. The first kappa shape index (κ1) is 13.6. The number of ether oxygens (including phenoxy) is 1. The molecule has 0 saturated carbocycles. The molecular formula is C14H11Br2FO. The first-order chi connectivity index (χ1) is 8.61. The van der Waals surface area contributed by atoms with Crippen molar-refractivity contribution in [3.63, 3.8) is 0 Å². The highest BCUT2D eigenvalue weighted by Gasteiger charge is 2.14. The molecule has 0 aliphatic carbocycles. The van der Waals surface area contributed by atoms with Crippen LogP contribution in [0.5, 0.6) is 5.75 Å². The second kappa shape index (κ2) is 5.85. The van der Waals surface area contributed by atoms with Crippen LogP contribution in [0.1, 0.15) is 16.0 Å². The number of halogens is 3. The van der Waals surface area contributed by atoms with E-state index in [1.165, 1.54) is 12.1 Å². The molecular weight excluding hydrogens is 363 g/mol. The number of benzene rings is 2. The summed E-state index contributed by atoms with van der Waals surface area (Å²) in [6.07, 6.45) is 0. The molecule has 4 heteroatoms. The molecule has 1 nitrogen and oxygen atoms in total. The van der Waals surface area contributed by atoms with E-state index in [1.807, 2.05) is 24.3 Å². The van der Waals surface area contributed by atoms with Gasteiger partial charge in [-0.15, -0.1) is 0 Å². The molecule has 0 radical (unpaired) electrons. The van der Waals surface area contributed by atoms with Gasteiger partial charge in [0, 0.05) is 4.47 Å². The smallest absolute Gasteiger partial charge is 0.123 e. The molecule has 0 aliphatic rings. The molecule has 2 aromatic rings. The molecule has 2 aromatic carbocycles. The van der Waals surface area contributed by atoms with Crippen LogP contribution in [-0.2, 0) is 0 Å². The predicted molar refractivity (Wildman–Crippen MR) is 77.9 cm³/mol. The highest BCUT2D eigenvalue weighted by atomic mass is 79.9. The molecule has 0 spiro atoms.